The highest BCUT2D eigenvalue weighted by Crippen LogP contribution is 2.22. The lowest BCUT2D eigenvalue weighted by atomic mass is 10.2. The largest absolute Gasteiger partial charge is 0.338 e. The number of likely N-dealkylation sites (tertiary alicyclic amines) is 1. The van der Waals surface area contributed by atoms with Gasteiger partial charge in [-0.05, 0) is 25.5 Å². The van der Waals surface area contributed by atoms with Crippen molar-refractivity contribution in [2.24, 2.45) is 0 Å². The minimum atomic E-state index is 0.0897. The Morgan fingerprint density at radius 3 is 3.14 bits per heavy atom. The van der Waals surface area contributed by atoms with Crippen LogP contribution in [0.2, 0.25) is 0 Å². The SMILES string of the molecule is CCS[C@@H]1CCCCN(C(=O)NCCc2ncc(C)s2)C1. The highest BCUT2D eigenvalue weighted by Gasteiger charge is 2.21. The second kappa shape index (κ2) is 8.63. The molecule has 0 spiro atoms. The van der Waals surface area contributed by atoms with Crippen LogP contribution < -0.4 is 5.32 Å². The van der Waals surface area contributed by atoms with Gasteiger partial charge in [-0.3, -0.25) is 0 Å². The molecule has 0 bridgehead atoms. The van der Waals surface area contributed by atoms with E-state index in [0.717, 1.165) is 36.7 Å². The zero-order valence-electron chi connectivity index (χ0n) is 12.9. The Morgan fingerprint density at radius 2 is 2.43 bits per heavy atom. The number of amides is 2. The molecule has 1 atom stereocenters. The molecule has 2 rings (SSSR count). The number of carbonyl (C=O) groups excluding carboxylic acids is 1. The predicted molar refractivity (Wildman–Crippen MR) is 91.3 cm³/mol. The van der Waals surface area contributed by atoms with Crippen LogP contribution >= 0.6 is 23.1 Å². The summed E-state index contributed by atoms with van der Waals surface area (Å²) in [7, 11) is 0. The maximum atomic E-state index is 12.3. The number of hydrogen-bond acceptors (Lipinski definition) is 4. The number of thiazole rings is 1. The van der Waals surface area contributed by atoms with Crippen molar-refractivity contribution < 1.29 is 4.79 Å². The molecule has 4 nitrogen and oxygen atoms in total. The van der Waals surface area contributed by atoms with Crippen LogP contribution in [0.15, 0.2) is 6.20 Å². The van der Waals surface area contributed by atoms with Crippen LogP contribution in [0.5, 0.6) is 0 Å². The molecule has 21 heavy (non-hydrogen) atoms. The van der Waals surface area contributed by atoms with Gasteiger partial charge in [-0.25, -0.2) is 9.78 Å². The summed E-state index contributed by atoms with van der Waals surface area (Å²) >= 11 is 3.69. The number of aromatic nitrogens is 1. The van der Waals surface area contributed by atoms with Crippen molar-refractivity contribution in [1.82, 2.24) is 15.2 Å². The lowest BCUT2D eigenvalue weighted by molar-refractivity contribution is 0.200. The summed E-state index contributed by atoms with van der Waals surface area (Å²) in [6, 6.07) is 0.0897. The van der Waals surface area contributed by atoms with Gasteiger partial charge in [0.1, 0.15) is 0 Å². The molecule has 1 aromatic heterocycles. The highest BCUT2D eigenvalue weighted by molar-refractivity contribution is 7.99. The average Bonchev–Trinajstić information content (AvgIpc) is 2.73. The molecule has 1 saturated heterocycles. The lowest BCUT2D eigenvalue weighted by Gasteiger charge is -2.24. The van der Waals surface area contributed by atoms with E-state index in [0.29, 0.717) is 11.8 Å². The maximum absolute atomic E-state index is 12.3. The van der Waals surface area contributed by atoms with Gasteiger partial charge in [0.2, 0.25) is 0 Å². The first kappa shape index (κ1) is 16.6. The van der Waals surface area contributed by atoms with E-state index in [1.54, 1.807) is 11.3 Å². The number of aryl methyl sites for hydroxylation is 1. The van der Waals surface area contributed by atoms with Gasteiger partial charge in [0.05, 0.1) is 5.01 Å². The summed E-state index contributed by atoms with van der Waals surface area (Å²) in [4.78, 5) is 19.8. The van der Waals surface area contributed by atoms with Gasteiger partial charge in [0.15, 0.2) is 0 Å². The van der Waals surface area contributed by atoms with E-state index < -0.39 is 0 Å². The Hall–Kier alpha value is -0.750. The van der Waals surface area contributed by atoms with Gasteiger partial charge in [0.25, 0.3) is 0 Å². The summed E-state index contributed by atoms with van der Waals surface area (Å²) in [5.74, 6) is 1.13. The summed E-state index contributed by atoms with van der Waals surface area (Å²) in [6.45, 7) is 6.70. The van der Waals surface area contributed by atoms with E-state index >= 15 is 0 Å². The van der Waals surface area contributed by atoms with Crippen molar-refractivity contribution in [2.75, 3.05) is 25.4 Å². The van der Waals surface area contributed by atoms with Gasteiger partial charge >= 0.3 is 6.03 Å². The summed E-state index contributed by atoms with van der Waals surface area (Å²) in [6.07, 6.45) is 6.31. The van der Waals surface area contributed by atoms with Gasteiger partial charge in [-0.1, -0.05) is 13.3 Å². The van der Waals surface area contributed by atoms with Crippen LogP contribution in [0, 0.1) is 6.92 Å². The summed E-state index contributed by atoms with van der Waals surface area (Å²) < 4.78 is 0. The molecule has 1 N–H and O–H groups in total. The summed E-state index contributed by atoms with van der Waals surface area (Å²) in [5, 5.41) is 4.75. The number of nitrogens with one attached hydrogen (secondary N) is 1. The normalized spacial score (nSPS) is 19.3. The lowest BCUT2D eigenvalue weighted by Crippen LogP contribution is -2.43. The molecule has 6 heteroatoms. The molecule has 2 amide bonds. The van der Waals surface area contributed by atoms with E-state index in [4.69, 9.17) is 0 Å². The first-order valence-corrected chi connectivity index (χ1v) is 9.61. The Morgan fingerprint density at radius 1 is 1.57 bits per heavy atom. The minimum absolute atomic E-state index is 0.0897. The Kier molecular flexibility index (Phi) is 6.83. The fraction of sp³-hybridized carbons (Fsp3) is 0.733. The minimum Gasteiger partial charge on any atom is -0.338 e. The Bertz CT molecular complexity index is 450. The average molecular weight is 328 g/mol. The predicted octanol–water partition coefficient (Wildman–Crippen LogP) is 3.31. The van der Waals surface area contributed by atoms with Gasteiger partial charge in [0, 0.05) is 42.4 Å². The molecule has 1 aliphatic heterocycles. The van der Waals surface area contributed by atoms with Crippen LogP contribution in [0.1, 0.15) is 36.1 Å². The van der Waals surface area contributed by atoms with Crippen LogP contribution in [0.4, 0.5) is 4.79 Å². The molecular formula is C15H25N3OS2. The smallest absolute Gasteiger partial charge is 0.317 e. The van der Waals surface area contributed by atoms with Crippen LogP contribution in [-0.4, -0.2) is 46.6 Å². The Labute approximate surface area is 135 Å². The second-order valence-electron chi connectivity index (χ2n) is 5.37. The topological polar surface area (TPSA) is 45.2 Å². The third-order valence-electron chi connectivity index (χ3n) is 3.60. The van der Waals surface area contributed by atoms with Crippen LogP contribution in [-0.2, 0) is 6.42 Å². The van der Waals surface area contributed by atoms with E-state index in [-0.39, 0.29) is 6.03 Å². The van der Waals surface area contributed by atoms with Crippen molar-refractivity contribution in [3.05, 3.63) is 16.1 Å². The van der Waals surface area contributed by atoms with Crippen LogP contribution in [0.3, 0.4) is 0 Å². The zero-order valence-corrected chi connectivity index (χ0v) is 14.6. The third-order valence-corrected chi connectivity index (χ3v) is 5.76. The number of nitrogens with zero attached hydrogens (tertiary/aromatic N) is 2. The second-order valence-corrected chi connectivity index (χ2v) is 8.26. The monoisotopic (exact) mass is 327 g/mol. The van der Waals surface area contributed by atoms with E-state index in [2.05, 4.69) is 24.1 Å². The number of hydrogen-bond donors (Lipinski definition) is 1. The molecule has 118 valence electrons. The zero-order chi connectivity index (χ0) is 15.1. The molecule has 1 aliphatic rings. The first-order chi connectivity index (χ1) is 10.2. The first-order valence-electron chi connectivity index (χ1n) is 7.74. The number of carbonyl (C=O) groups is 1. The fourth-order valence-corrected chi connectivity index (χ4v) is 4.44. The standard InChI is InChI=1S/C15H25N3OS2/c1-3-20-13-6-4-5-9-18(11-13)15(19)16-8-7-14-17-10-12(2)21-14/h10,13H,3-9,11H2,1-2H3,(H,16,19)/t13-/m1/s1. The Balaban J connectivity index is 1.75. The highest BCUT2D eigenvalue weighted by atomic mass is 32.2. The molecule has 0 saturated carbocycles. The summed E-state index contributed by atoms with van der Waals surface area (Å²) in [5.41, 5.74) is 0. The van der Waals surface area contributed by atoms with E-state index in [9.17, 15) is 4.79 Å². The fourth-order valence-electron chi connectivity index (χ4n) is 2.56. The van der Waals surface area contributed by atoms with E-state index in [1.165, 1.54) is 17.7 Å². The van der Waals surface area contributed by atoms with Crippen molar-refractivity contribution in [2.45, 2.75) is 44.8 Å². The van der Waals surface area contributed by atoms with Crippen molar-refractivity contribution in [3.63, 3.8) is 0 Å². The van der Waals surface area contributed by atoms with Crippen molar-refractivity contribution >= 4 is 29.1 Å². The van der Waals surface area contributed by atoms with Gasteiger partial charge in [-0.15, -0.1) is 11.3 Å². The van der Waals surface area contributed by atoms with Crippen molar-refractivity contribution in [1.29, 1.82) is 0 Å². The van der Waals surface area contributed by atoms with Gasteiger partial charge < -0.3 is 10.2 Å². The number of urea groups is 1. The number of rotatable bonds is 5. The molecule has 1 fully saturated rings. The van der Waals surface area contributed by atoms with Crippen molar-refractivity contribution in [3.8, 4) is 0 Å². The molecular weight excluding hydrogens is 302 g/mol. The van der Waals surface area contributed by atoms with Gasteiger partial charge in [-0.2, -0.15) is 11.8 Å². The van der Waals surface area contributed by atoms with Crippen LogP contribution in [0.25, 0.3) is 0 Å². The molecule has 0 aromatic carbocycles. The molecule has 0 radical (unpaired) electrons. The molecule has 0 unspecified atom stereocenters. The van der Waals surface area contributed by atoms with E-state index in [1.807, 2.05) is 22.9 Å². The molecule has 0 aliphatic carbocycles. The maximum Gasteiger partial charge on any atom is 0.317 e. The third kappa shape index (κ3) is 5.51. The molecule has 2 heterocycles. The number of thioether (sulfide) groups is 1. The molecule has 1 aromatic rings. The quantitative estimate of drug-likeness (QED) is 0.902.